The molecule has 0 saturated carbocycles. The van der Waals surface area contributed by atoms with Crippen molar-refractivity contribution in [3.63, 3.8) is 0 Å². The van der Waals surface area contributed by atoms with E-state index in [9.17, 15) is 19.7 Å². The molecular weight excluding hydrogens is 354 g/mol. The van der Waals surface area contributed by atoms with Crippen LogP contribution in [0, 0.1) is 17.0 Å². The highest BCUT2D eigenvalue weighted by Gasteiger charge is 2.20. The molecule has 0 bridgehead atoms. The Labute approximate surface area is 154 Å². The third kappa shape index (κ3) is 4.08. The summed E-state index contributed by atoms with van der Waals surface area (Å²) in [6.07, 6.45) is 1.55. The summed E-state index contributed by atoms with van der Waals surface area (Å²) in [4.78, 5) is 36.9. The molecule has 2 heterocycles. The summed E-state index contributed by atoms with van der Waals surface area (Å²) in [6, 6.07) is 9.04. The van der Waals surface area contributed by atoms with Gasteiger partial charge >= 0.3 is 0 Å². The van der Waals surface area contributed by atoms with E-state index in [0.29, 0.717) is 29.3 Å². The lowest BCUT2D eigenvalue weighted by Gasteiger charge is -2.15. The van der Waals surface area contributed by atoms with Gasteiger partial charge in [-0.2, -0.15) is 0 Å². The molecule has 2 amide bonds. The van der Waals surface area contributed by atoms with Crippen molar-refractivity contribution < 1.29 is 14.5 Å². The number of carbonyl (C=O) groups excluding carboxylic acids is 2. The second kappa shape index (κ2) is 7.65. The summed E-state index contributed by atoms with van der Waals surface area (Å²) >= 11 is 1.12. The molecule has 0 spiro atoms. The van der Waals surface area contributed by atoms with E-state index in [2.05, 4.69) is 5.32 Å². The lowest BCUT2D eigenvalue weighted by atomic mass is 10.1. The van der Waals surface area contributed by atoms with Crippen LogP contribution in [-0.2, 0) is 17.9 Å². The average molecular weight is 373 g/mol. The summed E-state index contributed by atoms with van der Waals surface area (Å²) in [5, 5.41) is 13.6. The van der Waals surface area contributed by atoms with Crippen molar-refractivity contribution in [1.82, 2.24) is 10.2 Å². The minimum absolute atomic E-state index is 0.0269. The van der Waals surface area contributed by atoms with Crippen LogP contribution in [0.15, 0.2) is 30.3 Å². The zero-order chi connectivity index (χ0) is 18.7. The Morgan fingerprint density at radius 2 is 2.00 bits per heavy atom. The van der Waals surface area contributed by atoms with E-state index in [4.69, 9.17) is 0 Å². The Morgan fingerprint density at radius 3 is 2.58 bits per heavy atom. The molecule has 8 heteroatoms. The summed E-state index contributed by atoms with van der Waals surface area (Å²) in [6.45, 7) is 3.39. The SMILES string of the molecule is Cc1sc(C(=O)NCc2ccc(CN3CCCC3=O)cc2)cc1[N+](=O)[O-]. The molecule has 136 valence electrons. The first-order chi connectivity index (χ1) is 12.4. The standard InChI is InChI=1S/C18H19N3O4S/c1-12-15(21(24)25)9-16(26-12)18(23)19-10-13-4-6-14(7-5-13)11-20-8-2-3-17(20)22/h4-7,9H,2-3,8,10-11H2,1H3,(H,19,23). The molecule has 1 aliphatic heterocycles. The van der Waals surface area contributed by atoms with E-state index in [1.54, 1.807) is 6.92 Å². The van der Waals surface area contributed by atoms with Gasteiger partial charge in [0.25, 0.3) is 11.6 Å². The van der Waals surface area contributed by atoms with E-state index < -0.39 is 4.92 Å². The highest BCUT2D eigenvalue weighted by atomic mass is 32.1. The molecule has 0 aliphatic carbocycles. The fourth-order valence-electron chi connectivity index (χ4n) is 2.89. The normalized spacial score (nSPS) is 13.9. The van der Waals surface area contributed by atoms with Gasteiger partial charge in [0.05, 0.1) is 14.7 Å². The lowest BCUT2D eigenvalue weighted by Crippen LogP contribution is -2.24. The monoisotopic (exact) mass is 373 g/mol. The maximum atomic E-state index is 12.2. The van der Waals surface area contributed by atoms with Crippen LogP contribution in [-0.4, -0.2) is 28.2 Å². The number of amides is 2. The van der Waals surface area contributed by atoms with Gasteiger partial charge in [0, 0.05) is 32.1 Å². The third-order valence-corrected chi connectivity index (χ3v) is 5.37. The van der Waals surface area contributed by atoms with E-state index in [0.717, 1.165) is 35.4 Å². The molecule has 1 aromatic heterocycles. The number of carbonyl (C=O) groups is 2. The van der Waals surface area contributed by atoms with Gasteiger partial charge in [-0.05, 0) is 24.5 Å². The van der Waals surface area contributed by atoms with Gasteiger partial charge in [-0.1, -0.05) is 24.3 Å². The predicted octanol–water partition coefficient (Wildman–Crippen LogP) is 3.02. The zero-order valence-corrected chi connectivity index (χ0v) is 15.2. The van der Waals surface area contributed by atoms with Gasteiger partial charge < -0.3 is 10.2 Å². The molecule has 1 aromatic carbocycles. The third-order valence-electron chi connectivity index (χ3n) is 4.33. The van der Waals surface area contributed by atoms with Crippen molar-refractivity contribution in [2.24, 2.45) is 0 Å². The highest BCUT2D eigenvalue weighted by Crippen LogP contribution is 2.27. The van der Waals surface area contributed by atoms with Crippen molar-refractivity contribution >= 4 is 28.8 Å². The Bertz CT molecular complexity index is 845. The minimum Gasteiger partial charge on any atom is -0.347 e. The number of rotatable bonds is 6. The van der Waals surface area contributed by atoms with E-state index >= 15 is 0 Å². The first-order valence-electron chi connectivity index (χ1n) is 8.32. The van der Waals surface area contributed by atoms with Crippen molar-refractivity contribution in [2.75, 3.05) is 6.54 Å². The Balaban J connectivity index is 1.56. The van der Waals surface area contributed by atoms with E-state index in [1.807, 2.05) is 29.2 Å². The second-order valence-electron chi connectivity index (χ2n) is 6.23. The number of hydrogen-bond acceptors (Lipinski definition) is 5. The van der Waals surface area contributed by atoms with Gasteiger partial charge in [-0.3, -0.25) is 19.7 Å². The molecule has 1 aliphatic rings. The molecular formula is C18H19N3O4S. The topological polar surface area (TPSA) is 92.6 Å². The Hall–Kier alpha value is -2.74. The molecule has 3 rings (SSSR count). The van der Waals surface area contributed by atoms with Crippen molar-refractivity contribution in [3.05, 3.63) is 61.3 Å². The van der Waals surface area contributed by atoms with Gasteiger partial charge in [-0.25, -0.2) is 0 Å². The molecule has 0 radical (unpaired) electrons. The van der Waals surface area contributed by atoms with E-state index in [1.165, 1.54) is 6.07 Å². The molecule has 2 aromatic rings. The van der Waals surface area contributed by atoms with Crippen LogP contribution >= 0.6 is 11.3 Å². The second-order valence-corrected chi connectivity index (χ2v) is 7.48. The molecule has 1 fully saturated rings. The summed E-state index contributed by atoms with van der Waals surface area (Å²) < 4.78 is 0. The Kier molecular flexibility index (Phi) is 5.32. The summed E-state index contributed by atoms with van der Waals surface area (Å²) in [5.74, 6) is -0.125. The number of hydrogen-bond donors (Lipinski definition) is 1. The van der Waals surface area contributed by atoms with Crippen molar-refractivity contribution in [2.45, 2.75) is 32.9 Å². The number of thiophene rings is 1. The fourth-order valence-corrected chi connectivity index (χ4v) is 3.79. The molecule has 7 nitrogen and oxygen atoms in total. The zero-order valence-electron chi connectivity index (χ0n) is 14.4. The predicted molar refractivity (Wildman–Crippen MR) is 98.0 cm³/mol. The maximum Gasteiger partial charge on any atom is 0.283 e. The van der Waals surface area contributed by atoms with Crippen LogP contribution in [0.25, 0.3) is 0 Å². The quantitative estimate of drug-likeness (QED) is 0.622. The van der Waals surface area contributed by atoms with Crippen LogP contribution in [0.5, 0.6) is 0 Å². The molecule has 0 atom stereocenters. The van der Waals surface area contributed by atoms with Gasteiger partial charge in [0.1, 0.15) is 0 Å². The molecule has 1 N–H and O–H groups in total. The summed E-state index contributed by atoms with van der Waals surface area (Å²) in [7, 11) is 0. The highest BCUT2D eigenvalue weighted by molar-refractivity contribution is 7.14. The Morgan fingerprint density at radius 1 is 1.31 bits per heavy atom. The number of nitrogens with zero attached hydrogens (tertiary/aromatic N) is 2. The van der Waals surface area contributed by atoms with Crippen LogP contribution < -0.4 is 5.32 Å². The van der Waals surface area contributed by atoms with Crippen LogP contribution in [0.1, 0.15) is 38.5 Å². The van der Waals surface area contributed by atoms with Gasteiger partial charge in [-0.15, -0.1) is 11.3 Å². The van der Waals surface area contributed by atoms with Crippen LogP contribution in [0.3, 0.4) is 0 Å². The molecule has 26 heavy (non-hydrogen) atoms. The first kappa shape index (κ1) is 18.1. The van der Waals surface area contributed by atoms with Crippen molar-refractivity contribution in [1.29, 1.82) is 0 Å². The van der Waals surface area contributed by atoms with Crippen LogP contribution in [0.4, 0.5) is 5.69 Å². The number of benzene rings is 1. The minimum atomic E-state index is -0.480. The van der Waals surface area contributed by atoms with Crippen molar-refractivity contribution in [3.8, 4) is 0 Å². The lowest BCUT2D eigenvalue weighted by molar-refractivity contribution is -0.385. The number of nitro groups is 1. The average Bonchev–Trinajstić information content (AvgIpc) is 3.20. The van der Waals surface area contributed by atoms with Gasteiger partial charge in [0.2, 0.25) is 5.91 Å². The number of aryl methyl sites for hydroxylation is 1. The molecule has 1 saturated heterocycles. The van der Waals surface area contributed by atoms with Crippen LogP contribution in [0.2, 0.25) is 0 Å². The maximum absolute atomic E-state index is 12.2. The largest absolute Gasteiger partial charge is 0.347 e. The van der Waals surface area contributed by atoms with Gasteiger partial charge in [0.15, 0.2) is 0 Å². The summed E-state index contributed by atoms with van der Waals surface area (Å²) in [5.41, 5.74) is 1.96. The number of nitrogens with one attached hydrogen (secondary N) is 1. The first-order valence-corrected chi connectivity index (χ1v) is 9.14. The van der Waals surface area contributed by atoms with E-state index in [-0.39, 0.29) is 17.5 Å². The fraction of sp³-hybridized carbons (Fsp3) is 0.333. The number of likely N-dealkylation sites (tertiary alicyclic amines) is 1. The molecule has 0 unspecified atom stereocenters. The smallest absolute Gasteiger partial charge is 0.283 e.